The van der Waals surface area contributed by atoms with Gasteiger partial charge in [0.15, 0.2) is 11.5 Å². The molecule has 5 rings (SSSR count). The lowest BCUT2D eigenvalue weighted by molar-refractivity contribution is -0.122. The Morgan fingerprint density at radius 3 is 2.85 bits per heavy atom. The number of amides is 3. The van der Waals surface area contributed by atoms with E-state index < -0.39 is 5.91 Å². The molecule has 1 N–H and O–H groups in total. The second-order valence-corrected chi connectivity index (χ2v) is 8.45. The first-order valence-corrected chi connectivity index (χ1v) is 11.2. The van der Waals surface area contributed by atoms with E-state index in [1.54, 1.807) is 55.7 Å². The minimum Gasteiger partial charge on any atom is -0.497 e. The molecule has 3 aromatic rings. The van der Waals surface area contributed by atoms with Crippen LogP contribution >= 0.6 is 11.8 Å². The van der Waals surface area contributed by atoms with Gasteiger partial charge in [-0.05, 0) is 59.8 Å². The van der Waals surface area contributed by atoms with Gasteiger partial charge in [-0.15, -0.1) is 0 Å². The first-order valence-electron chi connectivity index (χ1n) is 10.4. The fourth-order valence-electron chi connectivity index (χ4n) is 3.58. The van der Waals surface area contributed by atoms with Crippen molar-refractivity contribution in [3.8, 4) is 17.2 Å². The molecule has 0 atom stereocenters. The Kier molecular flexibility index (Phi) is 5.81. The molecule has 0 saturated carbocycles. The molecule has 9 nitrogen and oxygen atoms in total. The molecule has 0 radical (unpaired) electrons. The Labute approximate surface area is 198 Å². The van der Waals surface area contributed by atoms with E-state index in [0.29, 0.717) is 27.7 Å². The van der Waals surface area contributed by atoms with E-state index >= 15 is 0 Å². The first-order chi connectivity index (χ1) is 16.5. The Hall–Kier alpha value is -4.05. The molecule has 0 aliphatic carbocycles. The molecular formula is C24H19N3O6S. The zero-order valence-corrected chi connectivity index (χ0v) is 18.9. The van der Waals surface area contributed by atoms with Crippen molar-refractivity contribution in [1.82, 2.24) is 15.2 Å². The number of benzene rings is 2. The third-order valence-electron chi connectivity index (χ3n) is 5.32. The highest BCUT2D eigenvalue weighted by atomic mass is 32.2. The van der Waals surface area contributed by atoms with Crippen LogP contribution in [0.25, 0.3) is 17.0 Å². The van der Waals surface area contributed by atoms with Crippen LogP contribution in [0.2, 0.25) is 0 Å². The number of nitrogens with zero attached hydrogens (tertiary/aromatic N) is 2. The average Bonchev–Trinajstić information content (AvgIpc) is 3.42. The summed E-state index contributed by atoms with van der Waals surface area (Å²) in [5, 5.41) is 3.18. The van der Waals surface area contributed by atoms with Gasteiger partial charge in [-0.2, -0.15) is 0 Å². The van der Waals surface area contributed by atoms with Crippen LogP contribution in [0.15, 0.2) is 53.4 Å². The van der Waals surface area contributed by atoms with Gasteiger partial charge >= 0.3 is 0 Å². The topological polar surface area (TPSA) is 107 Å². The van der Waals surface area contributed by atoms with Crippen molar-refractivity contribution in [1.29, 1.82) is 0 Å². The number of ether oxygens (including phenoxy) is 3. The summed E-state index contributed by atoms with van der Waals surface area (Å²) in [5.74, 6) is 1.15. The molecule has 10 heteroatoms. The molecule has 0 bridgehead atoms. The number of hydrogen-bond acceptors (Lipinski definition) is 8. The minimum atomic E-state index is -0.403. The van der Waals surface area contributed by atoms with Crippen LogP contribution in [-0.4, -0.2) is 53.9 Å². The summed E-state index contributed by atoms with van der Waals surface area (Å²) in [6.45, 7) is 0.320. The van der Waals surface area contributed by atoms with Gasteiger partial charge in [0.2, 0.25) is 6.79 Å². The fourth-order valence-corrected chi connectivity index (χ4v) is 4.44. The van der Waals surface area contributed by atoms with Crippen molar-refractivity contribution in [3.63, 3.8) is 0 Å². The summed E-state index contributed by atoms with van der Waals surface area (Å²) in [4.78, 5) is 43.4. The number of methoxy groups -OCH3 is 1. The van der Waals surface area contributed by atoms with Crippen LogP contribution in [-0.2, 0) is 4.79 Å². The third-order valence-corrected chi connectivity index (χ3v) is 6.23. The SMILES string of the molecule is COc1ccc2nc(C(=O)NCCN3C(=O)S/C(=C\c4ccc5c(c4)OCO5)C3=O)ccc2c1. The summed E-state index contributed by atoms with van der Waals surface area (Å²) in [5.41, 5.74) is 1.63. The van der Waals surface area contributed by atoms with E-state index in [-0.39, 0.29) is 36.7 Å². The zero-order valence-electron chi connectivity index (χ0n) is 18.1. The maximum atomic E-state index is 12.7. The van der Waals surface area contributed by atoms with E-state index in [2.05, 4.69) is 10.3 Å². The number of thioether (sulfide) groups is 1. The fraction of sp³-hybridized carbons (Fsp3) is 0.167. The van der Waals surface area contributed by atoms with Crippen molar-refractivity contribution < 1.29 is 28.6 Å². The van der Waals surface area contributed by atoms with Gasteiger partial charge in [0.25, 0.3) is 17.1 Å². The van der Waals surface area contributed by atoms with Crippen LogP contribution in [0.1, 0.15) is 16.1 Å². The van der Waals surface area contributed by atoms with Crippen molar-refractivity contribution >= 4 is 45.8 Å². The molecule has 1 saturated heterocycles. The van der Waals surface area contributed by atoms with E-state index in [1.807, 2.05) is 6.07 Å². The summed E-state index contributed by atoms with van der Waals surface area (Å²) in [7, 11) is 1.58. The average molecular weight is 477 g/mol. The van der Waals surface area contributed by atoms with E-state index in [4.69, 9.17) is 14.2 Å². The molecule has 34 heavy (non-hydrogen) atoms. The predicted octanol–water partition coefficient (Wildman–Crippen LogP) is 3.44. The summed E-state index contributed by atoms with van der Waals surface area (Å²) < 4.78 is 15.8. The van der Waals surface area contributed by atoms with Gasteiger partial charge in [-0.25, -0.2) is 4.98 Å². The van der Waals surface area contributed by atoms with Gasteiger partial charge in [-0.1, -0.05) is 12.1 Å². The molecule has 2 aliphatic rings. The summed E-state index contributed by atoms with van der Waals surface area (Å²) >= 11 is 0.861. The second-order valence-electron chi connectivity index (χ2n) is 7.46. The molecule has 3 amide bonds. The Morgan fingerprint density at radius 2 is 2.00 bits per heavy atom. The number of aromatic nitrogens is 1. The maximum absolute atomic E-state index is 12.7. The largest absolute Gasteiger partial charge is 0.497 e. The lowest BCUT2D eigenvalue weighted by Crippen LogP contribution is -2.37. The van der Waals surface area contributed by atoms with Crippen LogP contribution in [0.3, 0.4) is 0 Å². The molecule has 1 aromatic heterocycles. The van der Waals surface area contributed by atoms with Gasteiger partial charge in [0.1, 0.15) is 11.4 Å². The highest BCUT2D eigenvalue weighted by Gasteiger charge is 2.34. The van der Waals surface area contributed by atoms with Gasteiger partial charge in [0, 0.05) is 18.5 Å². The number of hydrogen-bond donors (Lipinski definition) is 1. The van der Waals surface area contributed by atoms with E-state index in [0.717, 1.165) is 27.6 Å². The number of rotatable bonds is 6. The monoisotopic (exact) mass is 477 g/mol. The molecule has 3 heterocycles. The van der Waals surface area contributed by atoms with Crippen molar-refractivity contribution in [2.75, 3.05) is 27.0 Å². The molecular weight excluding hydrogens is 458 g/mol. The van der Waals surface area contributed by atoms with Gasteiger partial charge in [-0.3, -0.25) is 19.3 Å². The number of carbonyl (C=O) groups is 3. The van der Waals surface area contributed by atoms with Gasteiger partial charge < -0.3 is 19.5 Å². The number of imide groups is 1. The molecule has 0 spiro atoms. The lowest BCUT2D eigenvalue weighted by Gasteiger charge is -2.13. The van der Waals surface area contributed by atoms with Crippen LogP contribution in [0.4, 0.5) is 4.79 Å². The Morgan fingerprint density at radius 1 is 1.15 bits per heavy atom. The van der Waals surface area contributed by atoms with Crippen molar-refractivity contribution in [2.45, 2.75) is 0 Å². The highest BCUT2D eigenvalue weighted by Crippen LogP contribution is 2.36. The van der Waals surface area contributed by atoms with E-state index in [9.17, 15) is 14.4 Å². The number of nitrogens with one attached hydrogen (secondary N) is 1. The van der Waals surface area contributed by atoms with Crippen molar-refractivity contribution in [2.24, 2.45) is 0 Å². The van der Waals surface area contributed by atoms with Gasteiger partial charge in [0.05, 0.1) is 17.5 Å². The first kappa shape index (κ1) is 21.8. The van der Waals surface area contributed by atoms with E-state index in [1.165, 1.54) is 0 Å². The molecule has 172 valence electrons. The maximum Gasteiger partial charge on any atom is 0.293 e. The molecule has 1 fully saturated rings. The second kappa shape index (κ2) is 9.06. The Bertz CT molecular complexity index is 1360. The van der Waals surface area contributed by atoms with Crippen LogP contribution < -0.4 is 19.5 Å². The number of fused-ring (bicyclic) bond motifs is 2. The quantitative estimate of drug-likeness (QED) is 0.538. The van der Waals surface area contributed by atoms with Crippen LogP contribution in [0.5, 0.6) is 17.2 Å². The molecule has 0 unspecified atom stereocenters. The number of pyridine rings is 1. The smallest absolute Gasteiger partial charge is 0.293 e. The normalized spacial score (nSPS) is 15.9. The Balaban J connectivity index is 1.20. The standard InChI is InChI=1S/C24H19N3O6S/c1-31-16-4-6-17-15(12-16)3-5-18(26-17)22(28)25-8-9-27-23(29)21(34-24(27)30)11-14-2-7-19-20(10-14)33-13-32-19/h2-7,10-12H,8-9,13H2,1H3,(H,25,28)/b21-11-. The molecule has 2 aliphatic heterocycles. The number of carbonyl (C=O) groups excluding carboxylic acids is 3. The predicted molar refractivity (Wildman–Crippen MR) is 126 cm³/mol. The van der Waals surface area contributed by atoms with Crippen LogP contribution in [0, 0.1) is 0 Å². The molecule has 2 aromatic carbocycles. The summed E-state index contributed by atoms with van der Waals surface area (Å²) in [6, 6.07) is 14.1. The van der Waals surface area contributed by atoms with Crippen molar-refractivity contribution in [3.05, 3.63) is 64.7 Å². The third kappa shape index (κ3) is 4.27. The zero-order chi connectivity index (χ0) is 23.7. The minimum absolute atomic E-state index is 0.0552. The highest BCUT2D eigenvalue weighted by molar-refractivity contribution is 8.18. The summed E-state index contributed by atoms with van der Waals surface area (Å²) in [6.07, 6.45) is 1.64. The lowest BCUT2D eigenvalue weighted by atomic mass is 10.2.